The molecule has 0 aromatic carbocycles. The molecule has 1 fully saturated rings. The van der Waals surface area contributed by atoms with Gasteiger partial charge in [-0.2, -0.15) is 0 Å². The van der Waals surface area contributed by atoms with Crippen LogP contribution in [0.3, 0.4) is 0 Å². The number of aliphatic hydroxyl groups is 1. The van der Waals surface area contributed by atoms with Gasteiger partial charge >= 0.3 is 0 Å². The monoisotopic (exact) mass is 241 g/mol. The third-order valence-corrected chi connectivity index (χ3v) is 3.95. The zero-order valence-electron chi connectivity index (χ0n) is 11.8. The highest BCUT2D eigenvalue weighted by molar-refractivity contribution is 4.80. The number of hydrogen-bond donors (Lipinski definition) is 2. The molecule has 2 heteroatoms. The van der Waals surface area contributed by atoms with Crippen LogP contribution < -0.4 is 5.32 Å². The van der Waals surface area contributed by atoms with Crippen LogP contribution in [0.4, 0.5) is 0 Å². The lowest BCUT2D eigenvalue weighted by atomic mass is 9.92. The first-order valence-electron chi connectivity index (χ1n) is 7.70. The molecule has 0 unspecified atom stereocenters. The summed E-state index contributed by atoms with van der Waals surface area (Å²) in [6.07, 6.45) is 12.0. The van der Waals surface area contributed by atoms with E-state index in [0.29, 0.717) is 6.04 Å². The summed E-state index contributed by atoms with van der Waals surface area (Å²) in [7, 11) is 0. The van der Waals surface area contributed by atoms with Gasteiger partial charge in [-0.15, -0.1) is 0 Å². The van der Waals surface area contributed by atoms with Crippen molar-refractivity contribution in [1.82, 2.24) is 5.32 Å². The highest BCUT2D eigenvalue weighted by Crippen LogP contribution is 2.20. The minimum atomic E-state index is -0.0664. The average molecular weight is 241 g/mol. The molecule has 1 aliphatic heterocycles. The molecule has 0 aromatic rings. The van der Waals surface area contributed by atoms with Crippen molar-refractivity contribution in [2.24, 2.45) is 0 Å². The van der Waals surface area contributed by atoms with Crippen molar-refractivity contribution in [3.8, 4) is 0 Å². The van der Waals surface area contributed by atoms with Crippen molar-refractivity contribution < 1.29 is 5.11 Å². The molecule has 1 aliphatic rings. The molecule has 1 rings (SSSR count). The summed E-state index contributed by atoms with van der Waals surface area (Å²) in [5, 5.41) is 13.6. The summed E-state index contributed by atoms with van der Waals surface area (Å²) >= 11 is 0. The Bertz CT molecular complexity index is 182. The minimum Gasteiger partial charge on any atom is -0.393 e. The van der Waals surface area contributed by atoms with Crippen LogP contribution in [0.1, 0.15) is 78.1 Å². The van der Waals surface area contributed by atoms with E-state index in [1.54, 1.807) is 0 Å². The maximum absolute atomic E-state index is 9.85. The number of aliphatic hydroxyl groups excluding tert-OH is 1. The van der Waals surface area contributed by atoms with Crippen LogP contribution in [-0.2, 0) is 0 Å². The maximum atomic E-state index is 9.85. The number of piperidine rings is 1. The second-order valence-electron chi connectivity index (χ2n) is 5.65. The normalized spacial score (nSPS) is 27.0. The van der Waals surface area contributed by atoms with E-state index in [-0.39, 0.29) is 6.10 Å². The standard InChI is InChI=1S/C15H31NO/c1-3-5-10-15(17)12-11-14-9-6-8-13(16-14)7-4-2/h13-17H,3-12H2,1-2H3/t13-,14+,15+/m1/s1. The largest absolute Gasteiger partial charge is 0.393 e. The number of unbranched alkanes of at least 4 members (excludes halogenated alkanes) is 1. The highest BCUT2D eigenvalue weighted by Gasteiger charge is 2.20. The lowest BCUT2D eigenvalue weighted by Gasteiger charge is -2.31. The van der Waals surface area contributed by atoms with Gasteiger partial charge < -0.3 is 10.4 Å². The van der Waals surface area contributed by atoms with Gasteiger partial charge in [-0.3, -0.25) is 0 Å². The average Bonchev–Trinajstić information content (AvgIpc) is 2.35. The second-order valence-corrected chi connectivity index (χ2v) is 5.65. The minimum absolute atomic E-state index is 0.0664. The lowest BCUT2D eigenvalue weighted by molar-refractivity contribution is 0.139. The molecule has 0 bridgehead atoms. The molecule has 0 aliphatic carbocycles. The highest BCUT2D eigenvalue weighted by atomic mass is 16.3. The Kier molecular flexibility index (Phi) is 7.87. The fourth-order valence-corrected chi connectivity index (χ4v) is 2.89. The third kappa shape index (κ3) is 6.42. The van der Waals surface area contributed by atoms with E-state index in [0.717, 1.165) is 31.7 Å². The second kappa shape index (κ2) is 8.93. The molecule has 102 valence electrons. The lowest BCUT2D eigenvalue weighted by Crippen LogP contribution is -2.42. The fraction of sp³-hybridized carbons (Fsp3) is 1.00. The van der Waals surface area contributed by atoms with E-state index in [1.165, 1.54) is 38.5 Å². The van der Waals surface area contributed by atoms with Crippen LogP contribution in [0.5, 0.6) is 0 Å². The van der Waals surface area contributed by atoms with Gasteiger partial charge in [0.05, 0.1) is 6.10 Å². The molecule has 2 N–H and O–H groups in total. The van der Waals surface area contributed by atoms with Gasteiger partial charge in [-0.05, 0) is 38.5 Å². The van der Waals surface area contributed by atoms with Gasteiger partial charge in [0.25, 0.3) is 0 Å². The molecule has 0 amide bonds. The van der Waals surface area contributed by atoms with Crippen molar-refractivity contribution in [1.29, 1.82) is 0 Å². The molecular formula is C15H31NO. The Balaban J connectivity index is 2.13. The van der Waals surface area contributed by atoms with Gasteiger partial charge in [-0.25, -0.2) is 0 Å². The van der Waals surface area contributed by atoms with Crippen LogP contribution in [0.15, 0.2) is 0 Å². The molecule has 0 spiro atoms. The first kappa shape index (κ1) is 15.0. The van der Waals surface area contributed by atoms with Gasteiger partial charge in [0.1, 0.15) is 0 Å². The van der Waals surface area contributed by atoms with Crippen molar-refractivity contribution in [3.63, 3.8) is 0 Å². The van der Waals surface area contributed by atoms with Crippen molar-refractivity contribution >= 4 is 0 Å². The van der Waals surface area contributed by atoms with Crippen LogP contribution in [0, 0.1) is 0 Å². The summed E-state index contributed by atoms with van der Waals surface area (Å²) in [6.45, 7) is 4.45. The summed E-state index contributed by atoms with van der Waals surface area (Å²) in [4.78, 5) is 0. The molecule has 17 heavy (non-hydrogen) atoms. The van der Waals surface area contributed by atoms with Crippen LogP contribution in [0.2, 0.25) is 0 Å². The Morgan fingerprint density at radius 3 is 2.41 bits per heavy atom. The van der Waals surface area contributed by atoms with Gasteiger partial charge in [-0.1, -0.05) is 39.5 Å². The van der Waals surface area contributed by atoms with E-state index >= 15 is 0 Å². The molecule has 0 radical (unpaired) electrons. The zero-order valence-corrected chi connectivity index (χ0v) is 11.8. The van der Waals surface area contributed by atoms with E-state index < -0.39 is 0 Å². The predicted octanol–water partition coefficient (Wildman–Crippen LogP) is 3.63. The van der Waals surface area contributed by atoms with Gasteiger partial charge in [0.2, 0.25) is 0 Å². The molecule has 0 saturated carbocycles. The molecule has 0 aromatic heterocycles. The van der Waals surface area contributed by atoms with Crippen LogP contribution >= 0.6 is 0 Å². The SMILES string of the molecule is CCCC[C@H](O)CC[C@@H]1CCC[C@@H](CCC)N1. The van der Waals surface area contributed by atoms with Crippen molar-refractivity contribution in [2.45, 2.75) is 96.2 Å². The molecule has 3 atom stereocenters. The Hall–Kier alpha value is -0.0800. The number of rotatable bonds is 8. The Labute approximate surface area is 107 Å². The smallest absolute Gasteiger partial charge is 0.0540 e. The van der Waals surface area contributed by atoms with Crippen molar-refractivity contribution in [3.05, 3.63) is 0 Å². The summed E-state index contributed by atoms with van der Waals surface area (Å²) in [6, 6.07) is 1.41. The Morgan fingerprint density at radius 2 is 1.76 bits per heavy atom. The zero-order chi connectivity index (χ0) is 12.5. The molecule has 1 saturated heterocycles. The first-order valence-corrected chi connectivity index (χ1v) is 7.70. The fourth-order valence-electron chi connectivity index (χ4n) is 2.89. The summed E-state index contributed by atoms with van der Waals surface area (Å²) < 4.78 is 0. The Morgan fingerprint density at radius 1 is 1.06 bits per heavy atom. The van der Waals surface area contributed by atoms with Crippen LogP contribution in [-0.4, -0.2) is 23.3 Å². The summed E-state index contributed by atoms with van der Waals surface area (Å²) in [5.41, 5.74) is 0. The number of hydrogen-bond acceptors (Lipinski definition) is 2. The molecule has 1 heterocycles. The third-order valence-electron chi connectivity index (χ3n) is 3.95. The quantitative estimate of drug-likeness (QED) is 0.680. The van der Waals surface area contributed by atoms with E-state index in [4.69, 9.17) is 0 Å². The first-order chi connectivity index (χ1) is 8.26. The van der Waals surface area contributed by atoms with Crippen LogP contribution in [0.25, 0.3) is 0 Å². The van der Waals surface area contributed by atoms with Gasteiger partial charge in [0, 0.05) is 12.1 Å². The topological polar surface area (TPSA) is 32.3 Å². The van der Waals surface area contributed by atoms with E-state index in [9.17, 15) is 5.11 Å². The van der Waals surface area contributed by atoms with E-state index in [1.807, 2.05) is 0 Å². The van der Waals surface area contributed by atoms with E-state index in [2.05, 4.69) is 19.2 Å². The predicted molar refractivity (Wildman–Crippen MR) is 74.2 cm³/mol. The van der Waals surface area contributed by atoms with Crippen molar-refractivity contribution in [2.75, 3.05) is 0 Å². The number of nitrogens with one attached hydrogen (secondary N) is 1. The molecular weight excluding hydrogens is 210 g/mol. The van der Waals surface area contributed by atoms with Gasteiger partial charge in [0.15, 0.2) is 0 Å². The maximum Gasteiger partial charge on any atom is 0.0540 e. The summed E-state index contributed by atoms with van der Waals surface area (Å²) in [5.74, 6) is 0. The molecule has 2 nitrogen and oxygen atoms in total.